The van der Waals surface area contributed by atoms with Gasteiger partial charge in [-0.15, -0.1) is 0 Å². The normalized spacial score (nSPS) is 17.2. The van der Waals surface area contributed by atoms with E-state index in [0.717, 1.165) is 25.9 Å². The molecule has 1 saturated heterocycles. The highest BCUT2D eigenvalue weighted by Gasteiger charge is 2.23. The summed E-state index contributed by atoms with van der Waals surface area (Å²) >= 11 is 0. The van der Waals surface area contributed by atoms with Crippen LogP contribution in [0.4, 0.5) is 4.39 Å². The van der Waals surface area contributed by atoms with Crippen LogP contribution in [0.25, 0.3) is 0 Å². The van der Waals surface area contributed by atoms with E-state index in [2.05, 4.69) is 6.92 Å². The Kier molecular flexibility index (Phi) is 3.46. The lowest BCUT2D eigenvalue weighted by molar-refractivity contribution is 0.0692. The van der Waals surface area contributed by atoms with Crippen molar-refractivity contribution in [3.8, 4) is 0 Å². The van der Waals surface area contributed by atoms with Crippen LogP contribution in [0.5, 0.6) is 0 Å². The summed E-state index contributed by atoms with van der Waals surface area (Å²) < 4.78 is 13.8. The van der Waals surface area contributed by atoms with Gasteiger partial charge in [-0.1, -0.05) is 19.1 Å². The molecule has 0 aliphatic carbocycles. The molecule has 17 heavy (non-hydrogen) atoms. The molecule has 0 saturated carbocycles. The molecular weight excluding hydrogens is 217 g/mol. The lowest BCUT2D eigenvalue weighted by Gasteiger charge is -2.30. The summed E-state index contributed by atoms with van der Waals surface area (Å²) in [5, 5.41) is 0. The second-order valence-corrected chi connectivity index (χ2v) is 4.91. The van der Waals surface area contributed by atoms with Gasteiger partial charge in [0, 0.05) is 13.1 Å². The van der Waals surface area contributed by atoms with Gasteiger partial charge in [0.1, 0.15) is 5.82 Å². The van der Waals surface area contributed by atoms with Gasteiger partial charge in [0.25, 0.3) is 5.91 Å². The number of halogens is 1. The Hall–Kier alpha value is -1.38. The largest absolute Gasteiger partial charge is 0.339 e. The third kappa shape index (κ3) is 2.48. The lowest BCUT2D eigenvalue weighted by Crippen LogP contribution is -2.38. The van der Waals surface area contributed by atoms with Crippen molar-refractivity contribution in [2.45, 2.75) is 26.7 Å². The predicted octanol–water partition coefficient (Wildman–Crippen LogP) is 3.01. The minimum atomic E-state index is -0.379. The Labute approximate surface area is 101 Å². The maximum absolute atomic E-state index is 13.8. The number of rotatable bonds is 1. The van der Waals surface area contributed by atoms with Crippen LogP contribution in [0, 0.1) is 18.7 Å². The maximum atomic E-state index is 13.8. The smallest absolute Gasteiger partial charge is 0.256 e. The van der Waals surface area contributed by atoms with Crippen LogP contribution in [-0.2, 0) is 0 Å². The molecular formula is C14H18FNO. The van der Waals surface area contributed by atoms with Crippen LogP contribution in [0.2, 0.25) is 0 Å². The fourth-order valence-electron chi connectivity index (χ4n) is 2.19. The molecule has 2 rings (SSSR count). The molecule has 1 amide bonds. The van der Waals surface area contributed by atoms with E-state index in [0.29, 0.717) is 11.5 Å². The summed E-state index contributed by atoms with van der Waals surface area (Å²) in [7, 11) is 0. The van der Waals surface area contributed by atoms with E-state index in [1.165, 1.54) is 0 Å². The number of hydrogen-bond acceptors (Lipinski definition) is 1. The minimum absolute atomic E-state index is 0.168. The average molecular weight is 235 g/mol. The molecule has 1 aliphatic rings. The highest BCUT2D eigenvalue weighted by Crippen LogP contribution is 2.20. The molecule has 0 aromatic heterocycles. The monoisotopic (exact) mass is 235 g/mol. The number of hydrogen-bond donors (Lipinski definition) is 0. The molecule has 0 radical (unpaired) electrons. The van der Waals surface area contributed by atoms with Crippen LogP contribution < -0.4 is 0 Å². The number of benzene rings is 1. The summed E-state index contributed by atoms with van der Waals surface area (Å²) in [5.41, 5.74) is 0.737. The van der Waals surface area contributed by atoms with Crippen molar-refractivity contribution in [1.29, 1.82) is 0 Å². The predicted molar refractivity (Wildman–Crippen MR) is 65.4 cm³/mol. The highest BCUT2D eigenvalue weighted by molar-refractivity contribution is 5.94. The van der Waals surface area contributed by atoms with Gasteiger partial charge in [-0.2, -0.15) is 0 Å². The molecule has 1 heterocycles. The highest BCUT2D eigenvalue weighted by atomic mass is 19.1. The van der Waals surface area contributed by atoms with Gasteiger partial charge in [0.2, 0.25) is 0 Å². The molecule has 1 aromatic carbocycles. The molecule has 0 atom stereocenters. The van der Waals surface area contributed by atoms with Gasteiger partial charge in [-0.3, -0.25) is 4.79 Å². The van der Waals surface area contributed by atoms with E-state index >= 15 is 0 Å². The molecule has 0 N–H and O–H groups in total. The SMILES string of the molecule is Cc1cccc(C(=O)N2CCC(C)CC2)c1F. The summed E-state index contributed by atoms with van der Waals surface area (Å²) in [5.74, 6) is 0.121. The Morgan fingerprint density at radius 2 is 2.00 bits per heavy atom. The van der Waals surface area contributed by atoms with Crippen LogP contribution >= 0.6 is 0 Å². The first-order valence-corrected chi connectivity index (χ1v) is 6.14. The third-order valence-electron chi connectivity index (χ3n) is 3.49. The molecule has 1 aromatic rings. The number of likely N-dealkylation sites (tertiary alicyclic amines) is 1. The Balaban J connectivity index is 2.17. The maximum Gasteiger partial charge on any atom is 0.256 e. The number of carbonyl (C=O) groups is 1. The van der Waals surface area contributed by atoms with E-state index < -0.39 is 0 Å². The number of piperidine rings is 1. The molecule has 3 heteroatoms. The third-order valence-corrected chi connectivity index (χ3v) is 3.49. The molecule has 2 nitrogen and oxygen atoms in total. The molecule has 1 fully saturated rings. The van der Waals surface area contributed by atoms with Crippen molar-refractivity contribution in [3.63, 3.8) is 0 Å². The van der Waals surface area contributed by atoms with E-state index in [4.69, 9.17) is 0 Å². The van der Waals surface area contributed by atoms with Crippen molar-refractivity contribution in [1.82, 2.24) is 4.90 Å². The fraction of sp³-hybridized carbons (Fsp3) is 0.500. The van der Waals surface area contributed by atoms with Gasteiger partial charge in [-0.25, -0.2) is 4.39 Å². The van der Waals surface area contributed by atoms with Gasteiger partial charge < -0.3 is 4.90 Å². The number of aryl methyl sites for hydroxylation is 1. The average Bonchev–Trinajstić information content (AvgIpc) is 2.33. The van der Waals surface area contributed by atoms with Crippen molar-refractivity contribution < 1.29 is 9.18 Å². The summed E-state index contributed by atoms with van der Waals surface area (Å²) in [6.07, 6.45) is 2.03. The summed E-state index contributed by atoms with van der Waals surface area (Å²) in [4.78, 5) is 13.9. The first kappa shape index (κ1) is 12.1. The van der Waals surface area contributed by atoms with Crippen LogP contribution in [0.1, 0.15) is 35.7 Å². The quantitative estimate of drug-likeness (QED) is 0.732. The van der Waals surface area contributed by atoms with Crippen LogP contribution in [-0.4, -0.2) is 23.9 Å². The van der Waals surface area contributed by atoms with Gasteiger partial charge in [0.05, 0.1) is 5.56 Å². The lowest BCUT2D eigenvalue weighted by atomic mass is 9.98. The van der Waals surface area contributed by atoms with E-state index in [9.17, 15) is 9.18 Å². The Morgan fingerprint density at radius 3 is 2.65 bits per heavy atom. The summed E-state index contributed by atoms with van der Waals surface area (Å²) in [6.45, 7) is 5.36. The Bertz CT molecular complexity index is 422. The van der Waals surface area contributed by atoms with Gasteiger partial charge in [0.15, 0.2) is 0 Å². The van der Waals surface area contributed by atoms with Crippen LogP contribution in [0.3, 0.4) is 0 Å². The number of amides is 1. The molecule has 92 valence electrons. The molecule has 0 bridgehead atoms. The van der Waals surface area contributed by atoms with Crippen molar-refractivity contribution in [2.75, 3.05) is 13.1 Å². The fourth-order valence-corrected chi connectivity index (χ4v) is 2.19. The van der Waals surface area contributed by atoms with Gasteiger partial charge >= 0.3 is 0 Å². The zero-order valence-electron chi connectivity index (χ0n) is 10.4. The number of nitrogens with zero attached hydrogens (tertiary/aromatic N) is 1. The minimum Gasteiger partial charge on any atom is -0.339 e. The number of carbonyl (C=O) groups excluding carboxylic acids is 1. The first-order chi connectivity index (χ1) is 8.09. The first-order valence-electron chi connectivity index (χ1n) is 6.14. The second kappa shape index (κ2) is 4.86. The summed E-state index contributed by atoms with van der Waals surface area (Å²) in [6, 6.07) is 4.99. The van der Waals surface area contributed by atoms with E-state index in [-0.39, 0.29) is 17.3 Å². The van der Waals surface area contributed by atoms with Crippen LogP contribution in [0.15, 0.2) is 18.2 Å². The zero-order valence-corrected chi connectivity index (χ0v) is 10.4. The van der Waals surface area contributed by atoms with Crippen molar-refractivity contribution in [2.24, 2.45) is 5.92 Å². The van der Waals surface area contributed by atoms with Crippen molar-refractivity contribution in [3.05, 3.63) is 35.1 Å². The topological polar surface area (TPSA) is 20.3 Å². The molecule has 0 unspecified atom stereocenters. The Morgan fingerprint density at radius 1 is 1.35 bits per heavy atom. The molecule has 0 spiro atoms. The van der Waals surface area contributed by atoms with Crippen molar-refractivity contribution >= 4 is 5.91 Å². The van der Waals surface area contributed by atoms with E-state index in [1.807, 2.05) is 0 Å². The van der Waals surface area contributed by atoms with Gasteiger partial charge in [-0.05, 0) is 37.3 Å². The second-order valence-electron chi connectivity index (χ2n) is 4.91. The van der Waals surface area contributed by atoms with E-state index in [1.54, 1.807) is 30.0 Å². The standard InChI is InChI=1S/C14H18FNO/c1-10-6-8-16(9-7-10)14(17)12-5-3-4-11(2)13(12)15/h3-5,10H,6-9H2,1-2H3. The molecule has 1 aliphatic heterocycles. The zero-order chi connectivity index (χ0) is 12.4.